The zero-order valence-electron chi connectivity index (χ0n) is 14.2. The maximum absolute atomic E-state index is 12.7. The Balaban J connectivity index is 1.48. The molecule has 1 spiro atoms. The number of hydrogen-bond acceptors (Lipinski definition) is 4. The molecule has 1 aromatic rings. The van der Waals surface area contributed by atoms with Crippen molar-refractivity contribution in [1.82, 2.24) is 4.90 Å². The van der Waals surface area contributed by atoms with E-state index in [4.69, 9.17) is 16.3 Å². The molecule has 25 heavy (non-hydrogen) atoms. The lowest BCUT2D eigenvalue weighted by molar-refractivity contribution is -0.144. The molecule has 2 amide bonds. The molecule has 2 aliphatic rings. The van der Waals surface area contributed by atoms with Crippen LogP contribution in [-0.2, 0) is 20.9 Å². The molecule has 1 saturated heterocycles. The highest BCUT2D eigenvalue weighted by Gasteiger charge is 2.51. The third-order valence-corrected chi connectivity index (χ3v) is 5.44. The van der Waals surface area contributed by atoms with Crippen LogP contribution in [-0.4, -0.2) is 41.1 Å². The molecule has 2 fully saturated rings. The van der Waals surface area contributed by atoms with Crippen LogP contribution in [0, 0.1) is 5.41 Å². The van der Waals surface area contributed by atoms with Gasteiger partial charge in [-0.2, -0.15) is 0 Å². The summed E-state index contributed by atoms with van der Waals surface area (Å²) < 4.78 is 5.50. The SMILES string of the molecule is O=C1CC2(CCCCC2)C(=O)N1C[C@H](O)COCc1ccc(Cl)cc1. The summed E-state index contributed by atoms with van der Waals surface area (Å²) in [6.07, 6.45) is 4.13. The Morgan fingerprint density at radius 2 is 1.84 bits per heavy atom. The Bertz CT molecular complexity index is 625. The summed E-state index contributed by atoms with van der Waals surface area (Å²) in [5.41, 5.74) is 0.449. The van der Waals surface area contributed by atoms with Crippen LogP contribution < -0.4 is 0 Å². The minimum absolute atomic E-state index is 0.0139. The van der Waals surface area contributed by atoms with E-state index in [9.17, 15) is 14.7 Å². The van der Waals surface area contributed by atoms with E-state index >= 15 is 0 Å². The topological polar surface area (TPSA) is 66.8 Å². The van der Waals surface area contributed by atoms with Crippen LogP contribution in [0.5, 0.6) is 0 Å². The van der Waals surface area contributed by atoms with Crippen LogP contribution in [0.25, 0.3) is 0 Å². The Labute approximate surface area is 152 Å². The molecular weight excluding hydrogens is 342 g/mol. The lowest BCUT2D eigenvalue weighted by atomic mass is 9.73. The standard InChI is InChI=1S/C19H24ClNO4/c20-15-6-4-14(5-7-15)12-25-13-16(22)11-21-17(23)10-19(18(21)24)8-2-1-3-9-19/h4-7,16,22H,1-3,8-13H2/t16-/m0/s1. The summed E-state index contributed by atoms with van der Waals surface area (Å²) in [4.78, 5) is 26.2. The Morgan fingerprint density at radius 1 is 1.16 bits per heavy atom. The van der Waals surface area contributed by atoms with Gasteiger partial charge in [0.15, 0.2) is 0 Å². The second kappa shape index (κ2) is 7.85. The summed E-state index contributed by atoms with van der Waals surface area (Å²) in [7, 11) is 0. The Morgan fingerprint density at radius 3 is 2.52 bits per heavy atom. The molecule has 1 N–H and O–H groups in total. The first-order valence-corrected chi connectivity index (χ1v) is 9.23. The first-order chi connectivity index (χ1) is 12.0. The van der Waals surface area contributed by atoms with Crippen molar-refractivity contribution in [2.24, 2.45) is 5.41 Å². The van der Waals surface area contributed by atoms with E-state index in [1.807, 2.05) is 12.1 Å². The van der Waals surface area contributed by atoms with Crippen molar-refractivity contribution < 1.29 is 19.4 Å². The number of benzene rings is 1. The van der Waals surface area contributed by atoms with Crippen molar-refractivity contribution in [1.29, 1.82) is 0 Å². The van der Waals surface area contributed by atoms with Gasteiger partial charge in [0.05, 0.1) is 31.3 Å². The Hall–Kier alpha value is -1.43. The quantitative estimate of drug-likeness (QED) is 0.787. The molecule has 0 bridgehead atoms. The fourth-order valence-corrected chi connectivity index (χ4v) is 3.95. The second-order valence-electron chi connectivity index (χ2n) is 7.12. The first-order valence-electron chi connectivity index (χ1n) is 8.85. The van der Waals surface area contributed by atoms with Gasteiger partial charge in [-0.3, -0.25) is 14.5 Å². The highest BCUT2D eigenvalue weighted by molar-refractivity contribution is 6.30. The van der Waals surface area contributed by atoms with Gasteiger partial charge in [0, 0.05) is 11.4 Å². The minimum atomic E-state index is -0.876. The molecule has 3 rings (SSSR count). The maximum atomic E-state index is 12.7. The summed E-state index contributed by atoms with van der Waals surface area (Å²) in [6, 6.07) is 7.27. The van der Waals surface area contributed by atoms with Gasteiger partial charge in [-0.15, -0.1) is 0 Å². The number of ether oxygens (including phenoxy) is 1. The first kappa shape index (κ1) is 18.4. The minimum Gasteiger partial charge on any atom is -0.389 e. The number of aliphatic hydroxyl groups excluding tert-OH is 1. The van der Waals surface area contributed by atoms with Crippen LogP contribution in [0.2, 0.25) is 5.02 Å². The Kier molecular flexibility index (Phi) is 5.77. The third-order valence-electron chi connectivity index (χ3n) is 5.19. The van der Waals surface area contributed by atoms with Gasteiger partial charge < -0.3 is 9.84 Å². The highest BCUT2D eigenvalue weighted by Crippen LogP contribution is 2.45. The summed E-state index contributed by atoms with van der Waals surface area (Å²) in [5.74, 6) is -0.266. The predicted octanol–water partition coefficient (Wildman–Crippen LogP) is 2.93. The number of carbonyl (C=O) groups is 2. The molecule has 136 valence electrons. The zero-order chi connectivity index (χ0) is 17.9. The van der Waals surface area contributed by atoms with Crippen LogP contribution in [0.3, 0.4) is 0 Å². The molecule has 1 heterocycles. The highest BCUT2D eigenvalue weighted by atomic mass is 35.5. The second-order valence-corrected chi connectivity index (χ2v) is 7.56. The molecule has 1 saturated carbocycles. The molecule has 0 unspecified atom stereocenters. The lowest BCUT2D eigenvalue weighted by Gasteiger charge is -2.30. The van der Waals surface area contributed by atoms with Gasteiger partial charge in [-0.25, -0.2) is 0 Å². The van der Waals surface area contributed by atoms with Crippen LogP contribution in [0.4, 0.5) is 0 Å². The molecule has 1 aromatic carbocycles. The largest absolute Gasteiger partial charge is 0.389 e. The van der Waals surface area contributed by atoms with E-state index in [1.165, 1.54) is 4.90 Å². The summed E-state index contributed by atoms with van der Waals surface area (Å²) >= 11 is 5.83. The normalized spacial score (nSPS) is 21.1. The third kappa shape index (κ3) is 4.22. The average Bonchev–Trinajstić information content (AvgIpc) is 2.81. The zero-order valence-corrected chi connectivity index (χ0v) is 15.0. The number of nitrogens with zero attached hydrogens (tertiary/aromatic N) is 1. The molecule has 1 atom stereocenters. The molecule has 0 radical (unpaired) electrons. The lowest BCUT2D eigenvalue weighted by Crippen LogP contribution is -2.42. The van der Waals surface area contributed by atoms with Crippen molar-refractivity contribution in [3.63, 3.8) is 0 Å². The molecule has 5 nitrogen and oxygen atoms in total. The molecule has 1 aliphatic carbocycles. The van der Waals surface area contributed by atoms with Crippen LogP contribution >= 0.6 is 11.6 Å². The van der Waals surface area contributed by atoms with E-state index in [2.05, 4.69) is 0 Å². The number of amides is 2. The van der Waals surface area contributed by atoms with E-state index in [1.54, 1.807) is 12.1 Å². The number of rotatable bonds is 6. The van der Waals surface area contributed by atoms with Crippen molar-refractivity contribution in [3.05, 3.63) is 34.9 Å². The number of aliphatic hydroxyl groups is 1. The fraction of sp³-hybridized carbons (Fsp3) is 0.579. The predicted molar refractivity (Wildman–Crippen MR) is 94.0 cm³/mol. The maximum Gasteiger partial charge on any atom is 0.235 e. The molecule has 0 aromatic heterocycles. The van der Waals surface area contributed by atoms with E-state index in [0.717, 1.165) is 37.7 Å². The van der Waals surface area contributed by atoms with Crippen LogP contribution in [0.15, 0.2) is 24.3 Å². The van der Waals surface area contributed by atoms with Crippen molar-refractivity contribution in [2.75, 3.05) is 13.2 Å². The van der Waals surface area contributed by atoms with Crippen molar-refractivity contribution in [3.8, 4) is 0 Å². The van der Waals surface area contributed by atoms with Crippen LogP contribution in [0.1, 0.15) is 44.1 Å². The van der Waals surface area contributed by atoms with E-state index in [0.29, 0.717) is 18.1 Å². The smallest absolute Gasteiger partial charge is 0.235 e. The van der Waals surface area contributed by atoms with Gasteiger partial charge in [0.25, 0.3) is 0 Å². The van der Waals surface area contributed by atoms with Gasteiger partial charge in [0.1, 0.15) is 0 Å². The summed E-state index contributed by atoms with van der Waals surface area (Å²) in [5, 5.41) is 10.8. The van der Waals surface area contributed by atoms with Gasteiger partial charge in [-0.1, -0.05) is 43.0 Å². The van der Waals surface area contributed by atoms with Gasteiger partial charge in [-0.05, 0) is 30.5 Å². The van der Waals surface area contributed by atoms with E-state index in [-0.39, 0.29) is 25.0 Å². The molecule has 6 heteroatoms. The monoisotopic (exact) mass is 365 g/mol. The number of carbonyl (C=O) groups excluding carboxylic acids is 2. The number of halogens is 1. The fourth-order valence-electron chi connectivity index (χ4n) is 3.82. The average molecular weight is 366 g/mol. The number of likely N-dealkylation sites (tertiary alicyclic amines) is 1. The molecule has 1 aliphatic heterocycles. The van der Waals surface area contributed by atoms with Gasteiger partial charge in [0.2, 0.25) is 11.8 Å². The summed E-state index contributed by atoms with van der Waals surface area (Å²) in [6.45, 7) is 0.437. The van der Waals surface area contributed by atoms with Gasteiger partial charge >= 0.3 is 0 Å². The molecular formula is C19H24ClNO4. The van der Waals surface area contributed by atoms with Crippen molar-refractivity contribution >= 4 is 23.4 Å². The van der Waals surface area contributed by atoms with Crippen molar-refractivity contribution in [2.45, 2.75) is 51.2 Å². The van der Waals surface area contributed by atoms with E-state index < -0.39 is 11.5 Å². The number of imide groups is 1. The number of hydrogen-bond donors (Lipinski definition) is 1. The number of β-amino-alcohol motifs (C(OH)–C–C–N with tert-alkyl or cyclic N) is 1.